The SMILES string of the molecule is Cc1nn(C)cc1[C@H](C(=O)NC1CCCCC1)N(C(=O)[C@@H]1COc2ccccc2O1)c1cccc(F)c1. The van der Waals surface area contributed by atoms with Crippen LogP contribution in [0.1, 0.15) is 49.4 Å². The van der Waals surface area contributed by atoms with E-state index < -0.39 is 23.9 Å². The summed E-state index contributed by atoms with van der Waals surface area (Å²) in [5, 5.41) is 7.58. The number of aromatic nitrogens is 2. The normalized spacial score (nSPS) is 18.2. The summed E-state index contributed by atoms with van der Waals surface area (Å²) in [5.41, 5.74) is 1.41. The molecule has 2 aromatic carbocycles. The maximum Gasteiger partial charge on any atom is 0.272 e. The standard InChI is InChI=1S/C28H31FN4O4/c1-18-22(16-32(2)31-18)26(27(34)30-20-10-4-3-5-11-20)33(21-12-8-9-19(29)15-21)28(35)25-17-36-23-13-6-7-14-24(23)37-25/h6-9,12-16,20,25-26H,3-5,10-11,17H2,1-2H3,(H,30,34)/t25-,26+/m0/s1. The molecule has 37 heavy (non-hydrogen) atoms. The molecule has 0 saturated heterocycles. The van der Waals surface area contributed by atoms with Gasteiger partial charge in [0, 0.05) is 30.5 Å². The number of nitrogens with one attached hydrogen (secondary N) is 1. The molecular formula is C28H31FN4O4. The second-order valence-corrected chi connectivity index (χ2v) is 9.64. The molecule has 1 fully saturated rings. The van der Waals surface area contributed by atoms with E-state index in [1.165, 1.54) is 23.1 Å². The highest BCUT2D eigenvalue weighted by atomic mass is 19.1. The minimum atomic E-state index is -1.08. The van der Waals surface area contributed by atoms with E-state index in [-0.39, 0.29) is 24.2 Å². The number of ether oxygens (including phenoxy) is 2. The fourth-order valence-electron chi connectivity index (χ4n) is 5.14. The van der Waals surface area contributed by atoms with Crippen molar-refractivity contribution in [2.45, 2.75) is 57.2 Å². The predicted molar refractivity (Wildman–Crippen MR) is 136 cm³/mol. The number of carbonyl (C=O) groups is 2. The molecule has 2 atom stereocenters. The van der Waals surface area contributed by atoms with E-state index in [4.69, 9.17) is 9.47 Å². The Morgan fingerprint density at radius 2 is 1.86 bits per heavy atom. The van der Waals surface area contributed by atoms with Gasteiger partial charge in [0.2, 0.25) is 12.0 Å². The van der Waals surface area contributed by atoms with Crippen LogP contribution < -0.4 is 19.7 Å². The average Bonchev–Trinajstić information content (AvgIpc) is 3.24. The van der Waals surface area contributed by atoms with Crippen molar-refractivity contribution in [2.24, 2.45) is 7.05 Å². The molecule has 3 aromatic rings. The first-order chi connectivity index (χ1) is 17.9. The Labute approximate surface area is 215 Å². The molecule has 9 heteroatoms. The number of carbonyl (C=O) groups excluding carboxylic acids is 2. The molecule has 1 N–H and O–H groups in total. The van der Waals surface area contributed by atoms with Crippen LogP contribution in [-0.2, 0) is 16.6 Å². The molecule has 0 bridgehead atoms. The van der Waals surface area contributed by atoms with Crippen molar-refractivity contribution < 1.29 is 23.5 Å². The molecule has 5 rings (SSSR count). The lowest BCUT2D eigenvalue weighted by Crippen LogP contribution is -2.52. The maximum absolute atomic E-state index is 14.4. The van der Waals surface area contributed by atoms with Crippen LogP contribution in [-0.4, -0.2) is 40.3 Å². The van der Waals surface area contributed by atoms with E-state index >= 15 is 0 Å². The number of benzene rings is 2. The van der Waals surface area contributed by atoms with Gasteiger partial charge < -0.3 is 14.8 Å². The van der Waals surface area contributed by atoms with E-state index in [0.717, 1.165) is 32.1 Å². The van der Waals surface area contributed by atoms with E-state index in [1.807, 2.05) is 6.07 Å². The van der Waals surface area contributed by atoms with Gasteiger partial charge >= 0.3 is 0 Å². The first-order valence-corrected chi connectivity index (χ1v) is 12.7. The van der Waals surface area contributed by atoms with Crippen LogP contribution in [0.4, 0.5) is 10.1 Å². The Hall–Kier alpha value is -3.88. The Morgan fingerprint density at radius 3 is 2.57 bits per heavy atom. The highest BCUT2D eigenvalue weighted by molar-refractivity contribution is 6.03. The number of anilines is 1. The Balaban J connectivity index is 1.56. The molecule has 2 amide bonds. The molecule has 8 nitrogen and oxygen atoms in total. The smallest absolute Gasteiger partial charge is 0.272 e. The maximum atomic E-state index is 14.4. The number of hydrogen-bond acceptors (Lipinski definition) is 5. The van der Waals surface area contributed by atoms with Crippen molar-refractivity contribution >= 4 is 17.5 Å². The summed E-state index contributed by atoms with van der Waals surface area (Å²) in [4.78, 5) is 29.4. The van der Waals surface area contributed by atoms with Gasteiger partial charge in [0.1, 0.15) is 18.5 Å². The largest absolute Gasteiger partial charge is 0.485 e. The number of nitrogens with zero attached hydrogens (tertiary/aromatic N) is 3. The zero-order chi connectivity index (χ0) is 25.9. The van der Waals surface area contributed by atoms with Gasteiger partial charge in [-0.15, -0.1) is 0 Å². The fraction of sp³-hybridized carbons (Fsp3) is 0.393. The topological polar surface area (TPSA) is 85.7 Å². The van der Waals surface area contributed by atoms with E-state index in [9.17, 15) is 14.0 Å². The molecular weight excluding hydrogens is 475 g/mol. The van der Waals surface area contributed by atoms with Crippen molar-refractivity contribution in [1.82, 2.24) is 15.1 Å². The third-order valence-corrected chi connectivity index (χ3v) is 6.91. The van der Waals surface area contributed by atoms with Crippen molar-refractivity contribution in [3.8, 4) is 11.5 Å². The first-order valence-electron chi connectivity index (χ1n) is 12.7. The van der Waals surface area contributed by atoms with Gasteiger partial charge in [-0.05, 0) is 50.1 Å². The molecule has 2 heterocycles. The van der Waals surface area contributed by atoms with Crippen LogP contribution in [0.5, 0.6) is 11.5 Å². The summed E-state index contributed by atoms with van der Waals surface area (Å²) in [5.74, 6) is -0.383. The number of aryl methyl sites for hydroxylation is 2. The Morgan fingerprint density at radius 1 is 1.11 bits per heavy atom. The van der Waals surface area contributed by atoms with Crippen molar-refractivity contribution in [3.63, 3.8) is 0 Å². The van der Waals surface area contributed by atoms with E-state index in [1.54, 1.807) is 49.1 Å². The zero-order valence-electron chi connectivity index (χ0n) is 21.0. The van der Waals surface area contributed by atoms with Crippen molar-refractivity contribution in [3.05, 3.63) is 71.8 Å². The second-order valence-electron chi connectivity index (χ2n) is 9.64. The number of halogens is 1. The molecule has 2 aliphatic rings. The molecule has 0 spiro atoms. The lowest BCUT2D eigenvalue weighted by atomic mass is 9.94. The summed E-state index contributed by atoms with van der Waals surface area (Å²) in [6, 6.07) is 11.7. The molecule has 1 saturated carbocycles. The third kappa shape index (κ3) is 5.30. The van der Waals surface area contributed by atoms with Gasteiger partial charge in [-0.2, -0.15) is 5.10 Å². The molecule has 194 valence electrons. The second kappa shape index (κ2) is 10.6. The van der Waals surface area contributed by atoms with Crippen molar-refractivity contribution in [1.29, 1.82) is 0 Å². The summed E-state index contributed by atoms with van der Waals surface area (Å²) in [6.45, 7) is 1.76. The molecule has 0 radical (unpaired) electrons. The minimum Gasteiger partial charge on any atom is -0.485 e. The molecule has 0 unspecified atom stereocenters. The van der Waals surface area contributed by atoms with E-state index in [0.29, 0.717) is 22.8 Å². The first kappa shape index (κ1) is 24.8. The predicted octanol–water partition coefficient (Wildman–Crippen LogP) is 4.23. The quantitative estimate of drug-likeness (QED) is 0.541. The van der Waals surface area contributed by atoms with Crippen LogP contribution in [0.15, 0.2) is 54.7 Å². The molecule has 1 aliphatic heterocycles. The van der Waals surface area contributed by atoms with Gasteiger partial charge in [-0.25, -0.2) is 4.39 Å². The number of para-hydroxylation sites is 2. The van der Waals surface area contributed by atoms with Crippen molar-refractivity contribution in [2.75, 3.05) is 11.5 Å². The zero-order valence-corrected chi connectivity index (χ0v) is 21.0. The van der Waals surface area contributed by atoms with E-state index in [2.05, 4.69) is 10.4 Å². The lowest BCUT2D eigenvalue weighted by molar-refractivity contribution is -0.132. The van der Waals surface area contributed by atoms with Crippen LogP contribution in [0, 0.1) is 12.7 Å². The van der Waals surface area contributed by atoms with Crippen LogP contribution in [0.25, 0.3) is 0 Å². The summed E-state index contributed by atoms with van der Waals surface area (Å²) in [6.07, 6.45) is 5.70. The van der Waals surface area contributed by atoms with Gasteiger partial charge in [0.05, 0.1) is 5.69 Å². The third-order valence-electron chi connectivity index (χ3n) is 6.91. The van der Waals surface area contributed by atoms with Gasteiger partial charge in [0.25, 0.3) is 5.91 Å². The van der Waals surface area contributed by atoms with Crippen LogP contribution in [0.2, 0.25) is 0 Å². The van der Waals surface area contributed by atoms with Gasteiger partial charge in [-0.1, -0.05) is 37.5 Å². The summed E-state index contributed by atoms with van der Waals surface area (Å²) >= 11 is 0. The number of hydrogen-bond donors (Lipinski definition) is 1. The minimum absolute atomic E-state index is 0.0197. The Bertz CT molecular complexity index is 1290. The van der Waals surface area contributed by atoms with Gasteiger partial charge in [0.15, 0.2) is 11.5 Å². The Kier molecular flexibility index (Phi) is 7.12. The van der Waals surface area contributed by atoms with Crippen LogP contribution >= 0.6 is 0 Å². The monoisotopic (exact) mass is 506 g/mol. The summed E-state index contributed by atoms with van der Waals surface area (Å²) in [7, 11) is 1.76. The van der Waals surface area contributed by atoms with Gasteiger partial charge in [-0.3, -0.25) is 19.2 Å². The molecule has 1 aliphatic carbocycles. The lowest BCUT2D eigenvalue weighted by Gasteiger charge is -2.36. The molecule has 1 aromatic heterocycles. The highest BCUT2D eigenvalue weighted by Crippen LogP contribution is 2.35. The van der Waals surface area contributed by atoms with Crippen LogP contribution in [0.3, 0.4) is 0 Å². The fourth-order valence-corrected chi connectivity index (χ4v) is 5.14. The number of rotatable bonds is 6. The summed E-state index contributed by atoms with van der Waals surface area (Å²) < 4.78 is 27.9. The number of fused-ring (bicyclic) bond motifs is 1. The highest BCUT2D eigenvalue weighted by Gasteiger charge is 2.41. The average molecular weight is 507 g/mol. The number of amides is 2.